The number of ether oxygens (including phenoxy) is 1. The minimum atomic E-state index is -0.234. The number of rotatable bonds is 8. The van der Waals surface area contributed by atoms with Crippen LogP contribution < -0.4 is 10.2 Å². The summed E-state index contributed by atoms with van der Waals surface area (Å²) in [5, 5.41) is 11.5. The Kier molecular flexibility index (Phi) is 8.03. The fourth-order valence-corrected chi connectivity index (χ4v) is 3.08. The fourth-order valence-electron chi connectivity index (χ4n) is 2.42. The van der Waals surface area contributed by atoms with Crippen molar-refractivity contribution in [2.45, 2.75) is 0 Å². The summed E-state index contributed by atoms with van der Waals surface area (Å²) < 4.78 is 5.34. The average molecular weight is 367 g/mol. The van der Waals surface area contributed by atoms with Crippen molar-refractivity contribution in [1.82, 2.24) is 4.90 Å². The van der Waals surface area contributed by atoms with Crippen molar-refractivity contribution in [2.75, 3.05) is 68.2 Å². The van der Waals surface area contributed by atoms with Gasteiger partial charge in [0, 0.05) is 37.3 Å². The molecule has 2 N–H and O–H groups in total. The second-order valence-corrected chi connectivity index (χ2v) is 6.83. The smallest absolute Gasteiger partial charge is 0.243 e. The Bertz CT molecular complexity index is 562. The van der Waals surface area contributed by atoms with E-state index in [4.69, 9.17) is 9.84 Å². The number of thioether (sulfide) groups is 1. The second kappa shape index (κ2) is 10.3. The molecular formula is C17H25N3O4S. The van der Waals surface area contributed by atoms with Crippen molar-refractivity contribution >= 4 is 35.0 Å². The molecular weight excluding hydrogens is 342 g/mol. The highest BCUT2D eigenvalue weighted by atomic mass is 32.2. The number of morpholine rings is 1. The summed E-state index contributed by atoms with van der Waals surface area (Å²) in [7, 11) is 1.60. The third kappa shape index (κ3) is 6.56. The lowest BCUT2D eigenvalue weighted by Crippen LogP contribution is -2.36. The first-order chi connectivity index (χ1) is 12.1. The van der Waals surface area contributed by atoms with Gasteiger partial charge in [-0.3, -0.25) is 9.59 Å². The van der Waals surface area contributed by atoms with Crippen LogP contribution in [0.25, 0.3) is 0 Å². The van der Waals surface area contributed by atoms with Crippen LogP contribution in [-0.4, -0.2) is 79.8 Å². The lowest BCUT2D eigenvalue weighted by atomic mass is 10.2. The topological polar surface area (TPSA) is 82.1 Å². The molecule has 2 amide bonds. The van der Waals surface area contributed by atoms with Gasteiger partial charge in [0.2, 0.25) is 11.8 Å². The Morgan fingerprint density at radius 2 is 1.96 bits per heavy atom. The van der Waals surface area contributed by atoms with Gasteiger partial charge in [-0.05, 0) is 24.3 Å². The van der Waals surface area contributed by atoms with Crippen molar-refractivity contribution in [3.8, 4) is 0 Å². The minimum absolute atomic E-state index is 0.00370. The second-order valence-electron chi connectivity index (χ2n) is 5.72. The number of aliphatic hydroxyl groups is 1. The summed E-state index contributed by atoms with van der Waals surface area (Å²) in [4.78, 5) is 27.6. The molecule has 1 saturated heterocycles. The number of nitrogens with one attached hydrogen (secondary N) is 1. The maximum Gasteiger partial charge on any atom is 0.243 e. The van der Waals surface area contributed by atoms with E-state index < -0.39 is 0 Å². The first-order valence-electron chi connectivity index (χ1n) is 8.25. The molecule has 2 rings (SSSR count). The van der Waals surface area contributed by atoms with E-state index in [9.17, 15) is 9.59 Å². The third-order valence-corrected chi connectivity index (χ3v) is 4.72. The molecule has 1 fully saturated rings. The predicted octanol–water partition coefficient (Wildman–Crippen LogP) is 0.646. The Morgan fingerprint density at radius 3 is 2.60 bits per heavy atom. The molecule has 25 heavy (non-hydrogen) atoms. The standard InChI is InChI=1S/C17H25N3O4S/c1-19(17(23)13-25-11-8-21)12-16(22)18-14-2-4-15(5-3-14)20-6-9-24-10-7-20/h2-5,21H,6-13H2,1H3,(H,18,22). The molecule has 0 spiro atoms. The van der Waals surface area contributed by atoms with Gasteiger partial charge in [0.1, 0.15) is 0 Å². The van der Waals surface area contributed by atoms with Crippen molar-refractivity contribution in [1.29, 1.82) is 0 Å². The molecule has 1 aliphatic heterocycles. The van der Waals surface area contributed by atoms with E-state index in [1.807, 2.05) is 24.3 Å². The summed E-state index contributed by atoms with van der Waals surface area (Å²) in [6.07, 6.45) is 0. The van der Waals surface area contributed by atoms with Crippen LogP contribution in [0, 0.1) is 0 Å². The van der Waals surface area contributed by atoms with Crippen molar-refractivity contribution < 1.29 is 19.4 Å². The van der Waals surface area contributed by atoms with Crippen LogP contribution in [0.2, 0.25) is 0 Å². The van der Waals surface area contributed by atoms with E-state index in [0.29, 0.717) is 11.4 Å². The van der Waals surface area contributed by atoms with Gasteiger partial charge in [-0.15, -0.1) is 11.8 Å². The first kappa shape index (κ1) is 19.6. The SMILES string of the molecule is CN(CC(=O)Nc1ccc(N2CCOCC2)cc1)C(=O)CSCCO. The molecule has 1 aliphatic rings. The molecule has 0 saturated carbocycles. The van der Waals surface area contributed by atoms with Crippen LogP contribution in [-0.2, 0) is 14.3 Å². The zero-order chi connectivity index (χ0) is 18.1. The number of benzene rings is 1. The van der Waals surface area contributed by atoms with Gasteiger partial charge in [0.05, 0.1) is 32.1 Å². The third-order valence-electron chi connectivity index (χ3n) is 3.79. The maximum absolute atomic E-state index is 12.1. The number of hydrogen-bond donors (Lipinski definition) is 2. The van der Waals surface area contributed by atoms with E-state index in [1.165, 1.54) is 16.7 Å². The highest BCUT2D eigenvalue weighted by Crippen LogP contribution is 2.19. The van der Waals surface area contributed by atoms with Gasteiger partial charge in [-0.2, -0.15) is 0 Å². The molecule has 0 unspecified atom stereocenters. The number of nitrogens with zero attached hydrogens (tertiary/aromatic N) is 2. The van der Waals surface area contributed by atoms with Gasteiger partial charge in [-0.25, -0.2) is 0 Å². The number of carbonyl (C=O) groups is 2. The summed E-state index contributed by atoms with van der Waals surface area (Å²) >= 11 is 1.35. The number of aliphatic hydroxyl groups excluding tert-OH is 1. The Morgan fingerprint density at radius 1 is 1.28 bits per heavy atom. The lowest BCUT2D eigenvalue weighted by Gasteiger charge is -2.28. The van der Waals surface area contributed by atoms with Crippen LogP contribution in [0.15, 0.2) is 24.3 Å². The number of amides is 2. The number of anilines is 2. The van der Waals surface area contributed by atoms with Gasteiger partial charge >= 0.3 is 0 Å². The van der Waals surface area contributed by atoms with Gasteiger partial charge in [0.25, 0.3) is 0 Å². The van der Waals surface area contributed by atoms with E-state index in [1.54, 1.807) is 7.05 Å². The lowest BCUT2D eigenvalue weighted by molar-refractivity contribution is -0.131. The van der Waals surface area contributed by atoms with Crippen molar-refractivity contribution in [2.24, 2.45) is 0 Å². The van der Waals surface area contributed by atoms with Crippen molar-refractivity contribution in [3.63, 3.8) is 0 Å². The van der Waals surface area contributed by atoms with Crippen molar-refractivity contribution in [3.05, 3.63) is 24.3 Å². The summed E-state index contributed by atoms with van der Waals surface area (Å²) in [5.41, 5.74) is 1.81. The Labute approximate surface area is 152 Å². The predicted molar refractivity (Wildman–Crippen MR) is 100 cm³/mol. The normalized spacial score (nSPS) is 14.2. The highest BCUT2D eigenvalue weighted by molar-refractivity contribution is 7.99. The Balaban J connectivity index is 1.78. The molecule has 0 aliphatic carbocycles. The minimum Gasteiger partial charge on any atom is -0.396 e. The molecule has 0 bridgehead atoms. The van der Waals surface area contributed by atoms with E-state index in [-0.39, 0.29) is 30.7 Å². The highest BCUT2D eigenvalue weighted by Gasteiger charge is 2.14. The monoisotopic (exact) mass is 367 g/mol. The fraction of sp³-hybridized carbons (Fsp3) is 0.529. The Hall–Kier alpha value is -1.77. The number of likely N-dealkylation sites (N-methyl/N-ethyl adjacent to an activating group) is 1. The van der Waals surface area contributed by atoms with Gasteiger partial charge in [0.15, 0.2) is 0 Å². The maximum atomic E-state index is 12.1. The van der Waals surface area contributed by atoms with Crippen LogP contribution >= 0.6 is 11.8 Å². The van der Waals surface area contributed by atoms with Crippen LogP contribution in [0.1, 0.15) is 0 Å². The number of carbonyl (C=O) groups excluding carboxylic acids is 2. The molecule has 0 radical (unpaired) electrons. The van der Waals surface area contributed by atoms with E-state index in [2.05, 4.69) is 10.2 Å². The largest absolute Gasteiger partial charge is 0.396 e. The molecule has 7 nitrogen and oxygen atoms in total. The molecule has 138 valence electrons. The summed E-state index contributed by atoms with van der Waals surface area (Å²) in [5.74, 6) is 0.415. The first-order valence-corrected chi connectivity index (χ1v) is 9.41. The van der Waals surface area contributed by atoms with E-state index >= 15 is 0 Å². The zero-order valence-electron chi connectivity index (χ0n) is 14.4. The van der Waals surface area contributed by atoms with Crippen LogP contribution in [0.5, 0.6) is 0 Å². The molecule has 0 aromatic heterocycles. The summed E-state index contributed by atoms with van der Waals surface area (Å²) in [6.45, 7) is 3.25. The summed E-state index contributed by atoms with van der Waals surface area (Å²) in [6, 6.07) is 7.67. The molecule has 1 heterocycles. The number of hydrogen-bond acceptors (Lipinski definition) is 6. The molecule has 1 aromatic carbocycles. The average Bonchev–Trinajstić information content (AvgIpc) is 2.63. The van der Waals surface area contributed by atoms with Gasteiger partial charge < -0.3 is 25.0 Å². The zero-order valence-corrected chi connectivity index (χ0v) is 15.3. The molecule has 0 atom stereocenters. The van der Waals surface area contributed by atoms with E-state index in [0.717, 1.165) is 32.0 Å². The van der Waals surface area contributed by atoms with Crippen LogP contribution in [0.4, 0.5) is 11.4 Å². The van der Waals surface area contributed by atoms with Gasteiger partial charge in [-0.1, -0.05) is 0 Å². The van der Waals surface area contributed by atoms with Crippen LogP contribution in [0.3, 0.4) is 0 Å². The molecule has 1 aromatic rings. The molecule has 8 heteroatoms. The quantitative estimate of drug-likeness (QED) is 0.657.